The molecule has 0 radical (unpaired) electrons. The fourth-order valence-electron chi connectivity index (χ4n) is 2.94. The average molecular weight is 338 g/mol. The van der Waals surface area contributed by atoms with Crippen molar-refractivity contribution in [1.29, 1.82) is 0 Å². The van der Waals surface area contributed by atoms with E-state index in [0.717, 1.165) is 38.4 Å². The van der Waals surface area contributed by atoms with Crippen molar-refractivity contribution in [2.75, 3.05) is 20.1 Å². The van der Waals surface area contributed by atoms with Crippen LogP contribution in [0, 0.1) is 0 Å². The molecule has 0 saturated heterocycles. The number of nitrogens with zero attached hydrogens (tertiary/aromatic N) is 4. The van der Waals surface area contributed by atoms with E-state index >= 15 is 0 Å². The van der Waals surface area contributed by atoms with Crippen molar-refractivity contribution in [2.45, 2.75) is 19.4 Å². The lowest BCUT2D eigenvalue weighted by Crippen LogP contribution is -2.38. The minimum Gasteiger partial charge on any atom is -0.356 e. The van der Waals surface area contributed by atoms with Crippen molar-refractivity contribution >= 4 is 16.9 Å². The Morgan fingerprint density at radius 3 is 2.80 bits per heavy atom. The van der Waals surface area contributed by atoms with Gasteiger partial charge in [0.15, 0.2) is 5.96 Å². The highest BCUT2D eigenvalue weighted by molar-refractivity contribution is 5.80. The van der Waals surface area contributed by atoms with Gasteiger partial charge in [-0.25, -0.2) is 0 Å². The van der Waals surface area contributed by atoms with Crippen LogP contribution < -0.4 is 10.6 Å². The van der Waals surface area contributed by atoms with E-state index in [1.165, 1.54) is 16.5 Å². The molecule has 2 aromatic heterocycles. The van der Waals surface area contributed by atoms with E-state index in [2.05, 4.69) is 61.8 Å². The molecule has 0 amide bonds. The predicted octanol–water partition coefficient (Wildman–Crippen LogP) is 2.17. The summed E-state index contributed by atoms with van der Waals surface area (Å²) < 4.78 is 4.13. The molecule has 0 bridgehead atoms. The van der Waals surface area contributed by atoms with E-state index in [1.54, 1.807) is 7.05 Å². The number of hydrogen-bond donors (Lipinski definition) is 2. The number of aryl methyl sites for hydroxylation is 2. The Balaban J connectivity index is 1.38. The summed E-state index contributed by atoms with van der Waals surface area (Å²) in [7, 11) is 3.74. The molecule has 6 nitrogen and oxygen atoms in total. The van der Waals surface area contributed by atoms with Crippen LogP contribution in [0.25, 0.3) is 10.9 Å². The number of guanidine groups is 1. The van der Waals surface area contributed by atoms with Gasteiger partial charge in [0, 0.05) is 51.6 Å². The summed E-state index contributed by atoms with van der Waals surface area (Å²) in [4.78, 5) is 4.28. The van der Waals surface area contributed by atoms with Crippen LogP contribution in [0.5, 0.6) is 0 Å². The molecule has 0 atom stereocenters. The molecular formula is C19H26N6. The third-order valence-electron chi connectivity index (χ3n) is 4.24. The van der Waals surface area contributed by atoms with E-state index in [4.69, 9.17) is 0 Å². The standard InChI is InChI=1S/C19H26N6/c1-20-19(22-11-8-16-14-23-24(2)15-16)21-10-5-12-25-13-9-17-6-3-4-7-18(17)25/h3-4,6-7,9,13-15H,5,8,10-12H2,1-2H3,(H2,20,21,22). The Morgan fingerprint density at radius 2 is 2.00 bits per heavy atom. The molecule has 3 aromatic rings. The minimum absolute atomic E-state index is 0.841. The number of aliphatic imine (C=N–C) groups is 1. The van der Waals surface area contributed by atoms with Crippen molar-refractivity contribution in [2.24, 2.45) is 12.0 Å². The first kappa shape index (κ1) is 17.1. The van der Waals surface area contributed by atoms with Crippen LogP contribution in [0.4, 0.5) is 0 Å². The Labute approximate surface area is 148 Å². The zero-order chi connectivity index (χ0) is 17.5. The number of rotatable bonds is 7. The zero-order valence-corrected chi connectivity index (χ0v) is 14.9. The van der Waals surface area contributed by atoms with Crippen molar-refractivity contribution in [3.05, 3.63) is 54.5 Å². The lowest BCUT2D eigenvalue weighted by atomic mass is 10.2. The molecule has 0 spiro atoms. The maximum absolute atomic E-state index is 4.28. The van der Waals surface area contributed by atoms with Crippen LogP contribution in [-0.2, 0) is 20.0 Å². The van der Waals surface area contributed by atoms with Crippen LogP contribution in [-0.4, -0.2) is 40.4 Å². The van der Waals surface area contributed by atoms with Crippen LogP contribution in [0.15, 0.2) is 53.9 Å². The van der Waals surface area contributed by atoms with Gasteiger partial charge in [0.2, 0.25) is 0 Å². The summed E-state index contributed by atoms with van der Waals surface area (Å²) in [5.74, 6) is 0.848. The molecule has 6 heteroatoms. The fraction of sp³-hybridized carbons (Fsp3) is 0.368. The van der Waals surface area contributed by atoms with Crippen LogP contribution in [0.3, 0.4) is 0 Å². The topological polar surface area (TPSA) is 59.2 Å². The molecular weight excluding hydrogens is 312 g/mol. The first-order valence-electron chi connectivity index (χ1n) is 8.72. The molecule has 2 heterocycles. The minimum atomic E-state index is 0.841. The van der Waals surface area contributed by atoms with Gasteiger partial charge in [0.25, 0.3) is 0 Å². The summed E-state index contributed by atoms with van der Waals surface area (Å²) in [5, 5.41) is 12.2. The smallest absolute Gasteiger partial charge is 0.190 e. The first-order chi connectivity index (χ1) is 12.3. The van der Waals surface area contributed by atoms with Gasteiger partial charge in [-0.2, -0.15) is 5.10 Å². The summed E-state index contributed by atoms with van der Waals surface area (Å²) in [5.41, 5.74) is 2.52. The molecule has 0 aliphatic rings. The normalized spacial score (nSPS) is 11.8. The molecule has 3 rings (SSSR count). The number of hydrogen-bond acceptors (Lipinski definition) is 2. The quantitative estimate of drug-likeness (QED) is 0.394. The fourth-order valence-corrected chi connectivity index (χ4v) is 2.94. The Kier molecular flexibility index (Phi) is 5.72. The molecule has 0 unspecified atom stereocenters. The maximum Gasteiger partial charge on any atom is 0.190 e. The third kappa shape index (κ3) is 4.62. The Morgan fingerprint density at radius 1 is 1.16 bits per heavy atom. The Bertz CT molecular complexity index is 829. The number of fused-ring (bicyclic) bond motifs is 1. The first-order valence-corrected chi connectivity index (χ1v) is 8.72. The van der Waals surface area contributed by atoms with Gasteiger partial charge < -0.3 is 15.2 Å². The van der Waals surface area contributed by atoms with E-state index in [0.29, 0.717) is 0 Å². The molecule has 0 aliphatic heterocycles. The lowest BCUT2D eigenvalue weighted by Gasteiger charge is -2.12. The average Bonchev–Trinajstić information content (AvgIpc) is 3.23. The molecule has 0 saturated carbocycles. The van der Waals surface area contributed by atoms with Crippen molar-refractivity contribution in [3.63, 3.8) is 0 Å². The largest absolute Gasteiger partial charge is 0.356 e. The molecule has 0 fully saturated rings. The van der Waals surface area contributed by atoms with E-state index in [1.807, 2.05) is 24.1 Å². The highest BCUT2D eigenvalue weighted by atomic mass is 15.2. The maximum atomic E-state index is 4.28. The highest BCUT2D eigenvalue weighted by Gasteiger charge is 2.01. The molecule has 25 heavy (non-hydrogen) atoms. The second-order valence-corrected chi connectivity index (χ2v) is 6.12. The molecule has 2 N–H and O–H groups in total. The second kappa shape index (κ2) is 8.37. The zero-order valence-electron chi connectivity index (χ0n) is 14.9. The van der Waals surface area contributed by atoms with Crippen LogP contribution in [0.2, 0.25) is 0 Å². The van der Waals surface area contributed by atoms with Crippen molar-refractivity contribution in [1.82, 2.24) is 25.0 Å². The van der Waals surface area contributed by atoms with Crippen LogP contribution in [0.1, 0.15) is 12.0 Å². The van der Waals surface area contributed by atoms with Crippen LogP contribution >= 0.6 is 0 Å². The Hall–Kier alpha value is -2.76. The number of benzene rings is 1. The predicted molar refractivity (Wildman–Crippen MR) is 103 cm³/mol. The highest BCUT2D eigenvalue weighted by Crippen LogP contribution is 2.15. The van der Waals surface area contributed by atoms with Gasteiger partial charge in [0.05, 0.1) is 6.20 Å². The molecule has 0 aliphatic carbocycles. The van der Waals surface area contributed by atoms with Crippen molar-refractivity contribution < 1.29 is 0 Å². The van der Waals surface area contributed by atoms with E-state index in [-0.39, 0.29) is 0 Å². The number of nitrogens with one attached hydrogen (secondary N) is 2. The third-order valence-corrected chi connectivity index (χ3v) is 4.24. The van der Waals surface area contributed by atoms with Gasteiger partial charge >= 0.3 is 0 Å². The van der Waals surface area contributed by atoms with Gasteiger partial charge in [-0.15, -0.1) is 0 Å². The lowest BCUT2D eigenvalue weighted by molar-refractivity contribution is 0.640. The summed E-state index contributed by atoms with van der Waals surface area (Å²) in [6.45, 7) is 2.72. The summed E-state index contributed by atoms with van der Waals surface area (Å²) >= 11 is 0. The SMILES string of the molecule is CN=C(NCCCn1ccc2ccccc21)NCCc1cnn(C)c1. The monoisotopic (exact) mass is 338 g/mol. The number of aromatic nitrogens is 3. The van der Waals surface area contributed by atoms with Gasteiger partial charge in [-0.1, -0.05) is 18.2 Å². The van der Waals surface area contributed by atoms with Gasteiger partial charge in [-0.3, -0.25) is 9.67 Å². The van der Waals surface area contributed by atoms with Crippen molar-refractivity contribution in [3.8, 4) is 0 Å². The summed E-state index contributed by atoms with van der Waals surface area (Å²) in [6, 6.07) is 10.7. The van der Waals surface area contributed by atoms with Gasteiger partial charge in [-0.05, 0) is 35.9 Å². The van der Waals surface area contributed by atoms with Gasteiger partial charge in [0.1, 0.15) is 0 Å². The molecule has 1 aromatic carbocycles. The summed E-state index contributed by atoms with van der Waals surface area (Å²) in [6.07, 6.45) is 8.08. The number of para-hydroxylation sites is 1. The van der Waals surface area contributed by atoms with E-state index in [9.17, 15) is 0 Å². The van der Waals surface area contributed by atoms with E-state index < -0.39 is 0 Å². The second-order valence-electron chi connectivity index (χ2n) is 6.12. The molecule has 132 valence electrons.